The normalized spacial score (nSPS) is 10.6. The second kappa shape index (κ2) is 8.24. The fourth-order valence-corrected chi connectivity index (χ4v) is 3.68. The van der Waals surface area contributed by atoms with Crippen LogP contribution in [0.2, 0.25) is 0 Å². The van der Waals surface area contributed by atoms with E-state index in [-0.39, 0.29) is 39.8 Å². The van der Waals surface area contributed by atoms with Crippen LogP contribution in [0.5, 0.6) is 0 Å². The van der Waals surface area contributed by atoms with E-state index in [1.54, 1.807) is 19.9 Å². The number of nitrogens with zero attached hydrogens (tertiary/aromatic N) is 2. The SMILES string of the molecule is CCOC(=O)c1sc(N)c(C#N)c1COC(=O)c1cc2ccc(F)cc2nc1C. The van der Waals surface area contributed by atoms with Gasteiger partial charge in [-0.05, 0) is 32.0 Å². The number of hydrogen-bond donors (Lipinski definition) is 1. The fourth-order valence-electron chi connectivity index (χ4n) is 2.77. The lowest BCUT2D eigenvalue weighted by atomic mass is 10.1. The minimum atomic E-state index is -0.690. The van der Waals surface area contributed by atoms with Crippen molar-refractivity contribution >= 4 is 39.2 Å². The second-order valence-electron chi connectivity index (χ2n) is 6.02. The third kappa shape index (κ3) is 4.02. The van der Waals surface area contributed by atoms with Crippen LogP contribution in [0.1, 0.15) is 43.8 Å². The summed E-state index contributed by atoms with van der Waals surface area (Å²) in [5.41, 5.74) is 7.07. The first-order valence-corrected chi connectivity index (χ1v) is 9.39. The van der Waals surface area contributed by atoms with Gasteiger partial charge < -0.3 is 15.2 Å². The third-order valence-corrected chi connectivity index (χ3v) is 5.19. The Morgan fingerprint density at radius 2 is 2.03 bits per heavy atom. The lowest BCUT2D eigenvalue weighted by Gasteiger charge is -2.09. The van der Waals surface area contributed by atoms with Gasteiger partial charge in [-0.2, -0.15) is 5.26 Å². The summed E-state index contributed by atoms with van der Waals surface area (Å²) >= 11 is 0.909. The maximum Gasteiger partial charge on any atom is 0.348 e. The largest absolute Gasteiger partial charge is 0.462 e. The zero-order valence-corrected chi connectivity index (χ0v) is 16.4. The highest BCUT2D eigenvalue weighted by atomic mass is 32.1. The van der Waals surface area contributed by atoms with Crippen molar-refractivity contribution in [3.8, 4) is 6.07 Å². The van der Waals surface area contributed by atoms with Gasteiger partial charge in [-0.3, -0.25) is 4.98 Å². The average molecular weight is 413 g/mol. The molecular weight excluding hydrogens is 397 g/mol. The summed E-state index contributed by atoms with van der Waals surface area (Å²) in [6.45, 7) is 3.08. The standard InChI is InChI=1S/C20H16FN3O4S/c1-3-27-20(26)17-15(14(8-22)18(23)29-17)9-28-19(25)13-6-11-4-5-12(21)7-16(11)24-10(13)2/h4-7H,3,9,23H2,1-2H3. The number of thiophene rings is 1. The predicted octanol–water partition coefficient (Wildman–Crippen LogP) is 3.73. The molecule has 2 N–H and O–H groups in total. The van der Waals surface area contributed by atoms with Gasteiger partial charge in [-0.1, -0.05) is 0 Å². The molecule has 3 aromatic rings. The molecule has 0 atom stereocenters. The van der Waals surface area contributed by atoms with Gasteiger partial charge in [0, 0.05) is 17.0 Å². The zero-order valence-electron chi connectivity index (χ0n) is 15.6. The number of fused-ring (bicyclic) bond motifs is 1. The van der Waals surface area contributed by atoms with Gasteiger partial charge in [0.1, 0.15) is 28.4 Å². The number of ether oxygens (including phenoxy) is 2. The summed E-state index contributed by atoms with van der Waals surface area (Å²) in [6, 6.07) is 7.54. The van der Waals surface area contributed by atoms with Gasteiger partial charge in [0.25, 0.3) is 0 Å². The van der Waals surface area contributed by atoms with Crippen molar-refractivity contribution in [2.45, 2.75) is 20.5 Å². The Morgan fingerprint density at radius 3 is 2.72 bits per heavy atom. The number of aryl methyl sites for hydroxylation is 1. The van der Waals surface area contributed by atoms with Crippen LogP contribution in [0.15, 0.2) is 24.3 Å². The second-order valence-corrected chi connectivity index (χ2v) is 7.07. The molecule has 0 aliphatic carbocycles. The smallest absolute Gasteiger partial charge is 0.348 e. The quantitative estimate of drug-likeness (QED) is 0.634. The van der Waals surface area contributed by atoms with Crippen LogP contribution in [0.3, 0.4) is 0 Å². The molecule has 0 radical (unpaired) electrons. The Hall–Kier alpha value is -3.51. The number of rotatable bonds is 5. The Balaban J connectivity index is 1.89. The summed E-state index contributed by atoms with van der Waals surface area (Å²) in [5, 5.41) is 10.1. The van der Waals surface area contributed by atoms with E-state index in [0.29, 0.717) is 16.6 Å². The molecule has 3 rings (SSSR count). The molecule has 0 aliphatic heterocycles. The molecule has 9 heteroatoms. The molecule has 1 aromatic carbocycles. The summed E-state index contributed by atoms with van der Waals surface area (Å²) < 4.78 is 23.7. The van der Waals surface area contributed by atoms with Crippen LogP contribution in [-0.4, -0.2) is 23.5 Å². The van der Waals surface area contributed by atoms with Gasteiger partial charge in [0.05, 0.1) is 28.9 Å². The number of nitrogens with two attached hydrogens (primary N) is 1. The molecule has 148 valence electrons. The lowest BCUT2D eigenvalue weighted by molar-refractivity contribution is 0.0451. The van der Waals surface area contributed by atoms with Gasteiger partial charge in [0.2, 0.25) is 0 Å². The summed E-state index contributed by atoms with van der Waals surface area (Å²) in [4.78, 5) is 29.1. The Bertz CT molecular complexity index is 1170. The molecule has 2 heterocycles. The molecule has 0 amide bonds. The van der Waals surface area contributed by atoms with Crippen LogP contribution < -0.4 is 5.73 Å². The highest BCUT2D eigenvalue weighted by Crippen LogP contribution is 2.32. The number of pyridine rings is 1. The van der Waals surface area contributed by atoms with Crippen LogP contribution in [0.4, 0.5) is 9.39 Å². The molecule has 0 unspecified atom stereocenters. The topological polar surface area (TPSA) is 115 Å². The lowest BCUT2D eigenvalue weighted by Crippen LogP contribution is -2.11. The average Bonchev–Trinajstić information content (AvgIpc) is 3.01. The highest BCUT2D eigenvalue weighted by Gasteiger charge is 2.24. The number of benzene rings is 1. The number of nitrogen functional groups attached to an aromatic ring is 1. The molecule has 0 aliphatic rings. The third-order valence-electron chi connectivity index (χ3n) is 4.14. The number of esters is 2. The van der Waals surface area contributed by atoms with E-state index in [1.807, 2.05) is 6.07 Å². The summed E-state index contributed by atoms with van der Waals surface area (Å²) in [5.74, 6) is -1.75. The van der Waals surface area contributed by atoms with Gasteiger partial charge in [-0.15, -0.1) is 11.3 Å². The number of anilines is 1. The van der Waals surface area contributed by atoms with Crippen molar-refractivity contribution in [1.29, 1.82) is 5.26 Å². The molecule has 29 heavy (non-hydrogen) atoms. The van der Waals surface area contributed by atoms with Crippen LogP contribution in [-0.2, 0) is 16.1 Å². The Morgan fingerprint density at radius 1 is 1.28 bits per heavy atom. The van der Waals surface area contributed by atoms with Crippen molar-refractivity contribution in [2.24, 2.45) is 0 Å². The number of carbonyl (C=O) groups excluding carboxylic acids is 2. The maximum atomic E-state index is 13.4. The van der Waals surface area contributed by atoms with Gasteiger partial charge in [-0.25, -0.2) is 14.0 Å². The molecule has 0 bridgehead atoms. The first-order chi connectivity index (χ1) is 13.8. The predicted molar refractivity (Wildman–Crippen MR) is 105 cm³/mol. The van der Waals surface area contributed by atoms with Crippen molar-refractivity contribution in [3.63, 3.8) is 0 Å². The highest BCUT2D eigenvalue weighted by molar-refractivity contribution is 7.18. The van der Waals surface area contributed by atoms with E-state index in [1.165, 1.54) is 18.2 Å². The first-order valence-electron chi connectivity index (χ1n) is 8.58. The first kappa shape index (κ1) is 20.2. The molecule has 7 nitrogen and oxygen atoms in total. The van der Waals surface area contributed by atoms with Gasteiger partial charge in [0.15, 0.2) is 0 Å². The number of carbonyl (C=O) groups is 2. The van der Waals surface area contributed by atoms with Crippen LogP contribution in [0, 0.1) is 24.1 Å². The summed E-state index contributed by atoms with van der Waals surface area (Å²) in [6.07, 6.45) is 0. The maximum absolute atomic E-state index is 13.4. The number of nitriles is 1. The fraction of sp³-hybridized carbons (Fsp3) is 0.200. The number of hydrogen-bond acceptors (Lipinski definition) is 8. The van der Waals surface area contributed by atoms with Crippen molar-refractivity contribution < 1.29 is 23.5 Å². The van der Waals surface area contributed by atoms with E-state index >= 15 is 0 Å². The molecular formula is C20H16FN3O4S. The van der Waals surface area contributed by atoms with E-state index in [9.17, 15) is 19.2 Å². The molecule has 0 fully saturated rings. The monoisotopic (exact) mass is 413 g/mol. The van der Waals surface area contributed by atoms with Gasteiger partial charge >= 0.3 is 11.9 Å². The van der Waals surface area contributed by atoms with E-state index in [0.717, 1.165) is 11.3 Å². The molecule has 0 saturated heterocycles. The Labute approximate surface area is 169 Å². The molecule has 2 aromatic heterocycles. The molecule has 0 saturated carbocycles. The number of halogens is 1. The van der Waals surface area contributed by atoms with Crippen molar-refractivity contribution in [3.05, 3.63) is 57.3 Å². The molecule has 0 spiro atoms. The minimum Gasteiger partial charge on any atom is -0.462 e. The number of aromatic nitrogens is 1. The van der Waals surface area contributed by atoms with Crippen molar-refractivity contribution in [2.75, 3.05) is 12.3 Å². The summed E-state index contributed by atoms with van der Waals surface area (Å²) in [7, 11) is 0. The zero-order chi connectivity index (χ0) is 21.1. The van der Waals surface area contributed by atoms with Crippen molar-refractivity contribution in [1.82, 2.24) is 4.98 Å². The Kier molecular flexibility index (Phi) is 5.75. The van der Waals surface area contributed by atoms with E-state index < -0.39 is 17.8 Å². The van der Waals surface area contributed by atoms with E-state index in [4.69, 9.17) is 15.2 Å². The van der Waals surface area contributed by atoms with E-state index in [2.05, 4.69) is 4.98 Å². The van der Waals surface area contributed by atoms with Crippen LogP contribution in [0.25, 0.3) is 10.9 Å². The minimum absolute atomic E-state index is 0.0784. The van der Waals surface area contributed by atoms with Crippen LogP contribution >= 0.6 is 11.3 Å².